The lowest BCUT2D eigenvalue weighted by atomic mass is 10.0. The molecule has 0 spiro atoms. The van der Waals surface area contributed by atoms with Crippen molar-refractivity contribution < 1.29 is 0 Å². The molecule has 2 rings (SSSR count). The molecule has 1 aliphatic heterocycles. The minimum atomic E-state index is 0.691. The van der Waals surface area contributed by atoms with Crippen LogP contribution in [0.5, 0.6) is 0 Å². The Labute approximate surface area is 123 Å². The summed E-state index contributed by atoms with van der Waals surface area (Å²) in [5.74, 6) is 3.40. The maximum atomic E-state index is 4.71. The van der Waals surface area contributed by atoms with Crippen LogP contribution < -0.4 is 10.2 Å². The topological polar surface area (TPSA) is 28.2 Å². The molecule has 0 amide bonds. The van der Waals surface area contributed by atoms with Crippen molar-refractivity contribution in [3.63, 3.8) is 0 Å². The van der Waals surface area contributed by atoms with Crippen molar-refractivity contribution in [3.8, 4) is 0 Å². The molecule has 3 heteroatoms. The highest BCUT2D eigenvalue weighted by Gasteiger charge is 2.27. The average Bonchev–Trinajstić information content (AvgIpc) is 2.69. The van der Waals surface area contributed by atoms with E-state index in [0.29, 0.717) is 5.92 Å². The number of pyridine rings is 1. The Morgan fingerprint density at radius 1 is 1.30 bits per heavy atom. The largest absolute Gasteiger partial charge is 0.356 e. The third-order valence-corrected chi connectivity index (χ3v) is 4.28. The predicted molar refractivity (Wildman–Crippen MR) is 86.1 cm³/mol. The fourth-order valence-corrected chi connectivity index (χ4v) is 2.86. The van der Waals surface area contributed by atoms with Gasteiger partial charge in [-0.2, -0.15) is 0 Å². The van der Waals surface area contributed by atoms with Crippen LogP contribution in [0.3, 0.4) is 0 Å². The van der Waals surface area contributed by atoms with Crippen molar-refractivity contribution in [2.24, 2.45) is 17.8 Å². The van der Waals surface area contributed by atoms with Crippen molar-refractivity contribution in [1.82, 2.24) is 10.3 Å². The second kappa shape index (κ2) is 6.57. The number of nitrogens with one attached hydrogen (secondary N) is 1. The number of anilines is 1. The smallest absolute Gasteiger partial charge is 0.131 e. The number of aromatic nitrogens is 1. The first-order valence-electron chi connectivity index (χ1n) is 7.88. The molecule has 20 heavy (non-hydrogen) atoms. The lowest BCUT2D eigenvalue weighted by molar-refractivity contribution is 0.494. The molecule has 0 saturated carbocycles. The van der Waals surface area contributed by atoms with Crippen LogP contribution in [0.4, 0.5) is 5.82 Å². The second-order valence-corrected chi connectivity index (χ2v) is 6.87. The first-order chi connectivity index (χ1) is 9.47. The molecule has 1 aliphatic rings. The molecule has 2 atom stereocenters. The third-order valence-electron chi connectivity index (χ3n) is 4.28. The van der Waals surface area contributed by atoms with E-state index >= 15 is 0 Å². The summed E-state index contributed by atoms with van der Waals surface area (Å²) in [4.78, 5) is 7.15. The van der Waals surface area contributed by atoms with Gasteiger partial charge >= 0.3 is 0 Å². The Kier molecular flexibility index (Phi) is 5.03. The molecular weight excluding hydrogens is 246 g/mol. The quantitative estimate of drug-likeness (QED) is 0.894. The van der Waals surface area contributed by atoms with E-state index < -0.39 is 0 Å². The van der Waals surface area contributed by atoms with Gasteiger partial charge in [-0.15, -0.1) is 0 Å². The zero-order chi connectivity index (χ0) is 14.7. The molecule has 1 aromatic rings. The van der Waals surface area contributed by atoms with E-state index in [1.165, 1.54) is 16.9 Å². The minimum Gasteiger partial charge on any atom is -0.356 e. The SMILES string of the molecule is Cc1cc(CNCC(C)C)cnc1N1CC(C)C(C)C1. The van der Waals surface area contributed by atoms with Crippen molar-refractivity contribution in [2.45, 2.75) is 41.2 Å². The van der Waals surface area contributed by atoms with Gasteiger partial charge in [-0.05, 0) is 48.4 Å². The summed E-state index contributed by atoms with van der Waals surface area (Å²) < 4.78 is 0. The molecule has 1 aromatic heterocycles. The molecule has 112 valence electrons. The van der Waals surface area contributed by atoms with E-state index in [2.05, 4.69) is 50.9 Å². The first-order valence-corrected chi connectivity index (χ1v) is 7.88. The molecule has 1 saturated heterocycles. The highest BCUT2D eigenvalue weighted by atomic mass is 15.2. The van der Waals surface area contributed by atoms with Crippen LogP contribution in [0.1, 0.15) is 38.8 Å². The standard InChI is InChI=1S/C17H29N3/c1-12(2)7-18-8-16-6-13(3)17(19-9-16)20-10-14(4)15(5)11-20/h6,9,12,14-15,18H,7-8,10-11H2,1-5H3. The van der Waals surface area contributed by atoms with Crippen LogP contribution in [0.25, 0.3) is 0 Å². The summed E-state index contributed by atoms with van der Waals surface area (Å²) in [5, 5.41) is 3.48. The minimum absolute atomic E-state index is 0.691. The zero-order valence-electron chi connectivity index (χ0n) is 13.6. The molecule has 0 aromatic carbocycles. The van der Waals surface area contributed by atoms with E-state index in [4.69, 9.17) is 4.98 Å². The van der Waals surface area contributed by atoms with Crippen molar-refractivity contribution in [3.05, 3.63) is 23.4 Å². The van der Waals surface area contributed by atoms with E-state index in [-0.39, 0.29) is 0 Å². The van der Waals surface area contributed by atoms with Crippen LogP contribution in [0.15, 0.2) is 12.3 Å². The number of nitrogens with zero attached hydrogens (tertiary/aromatic N) is 2. The molecule has 2 unspecified atom stereocenters. The average molecular weight is 275 g/mol. The Hall–Kier alpha value is -1.09. The Morgan fingerprint density at radius 3 is 2.50 bits per heavy atom. The van der Waals surface area contributed by atoms with E-state index in [1.54, 1.807) is 0 Å². The van der Waals surface area contributed by atoms with Crippen molar-refractivity contribution >= 4 is 5.82 Å². The lowest BCUT2D eigenvalue weighted by Crippen LogP contribution is -2.23. The number of hydrogen-bond donors (Lipinski definition) is 1. The molecular formula is C17H29N3. The van der Waals surface area contributed by atoms with Gasteiger partial charge in [-0.25, -0.2) is 4.98 Å². The maximum Gasteiger partial charge on any atom is 0.131 e. The van der Waals surface area contributed by atoms with Gasteiger partial charge in [0.05, 0.1) is 0 Å². The predicted octanol–water partition coefficient (Wildman–Crippen LogP) is 3.23. The molecule has 0 bridgehead atoms. The normalized spacial score (nSPS) is 22.8. The molecule has 0 aliphatic carbocycles. The zero-order valence-corrected chi connectivity index (χ0v) is 13.6. The molecule has 3 nitrogen and oxygen atoms in total. The van der Waals surface area contributed by atoms with Crippen molar-refractivity contribution in [2.75, 3.05) is 24.5 Å². The van der Waals surface area contributed by atoms with E-state index in [1.807, 2.05) is 6.20 Å². The number of hydrogen-bond acceptors (Lipinski definition) is 3. The van der Waals surface area contributed by atoms with Crippen LogP contribution in [0, 0.1) is 24.7 Å². The monoisotopic (exact) mass is 275 g/mol. The Bertz CT molecular complexity index is 432. The molecule has 1 N–H and O–H groups in total. The highest BCUT2D eigenvalue weighted by Crippen LogP contribution is 2.28. The van der Waals surface area contributed by atoms with Crippen LogP contribution >= 0.6 is 0 Å². The van der Waals surface area contributed by atoms with Crippen LogP contribution in [0.2, 0.25) is 0 Å². The maximum absolute atomic E-state index is 4.71. The lowest BCUT2D eigenvalue weighted by Gasteiger charge is -2.20. The van der Waals surface area contributed by atoms with Gasteiger partial charge in [0.1, 0.15) is 5.82 Å². The van der Waals surface area contributed by atoms with Gasteiger partial charge in [0.25, 0.3) is 0 Å². The van der Waals surface area contributed by atoms with Gasteiger partial charge in [-0.3, -0.25) is 0 Å². The summed E-state index contributed by atoms with van der Waals surface area (Å²) in [6, 6.07) is 2.28. The summed E-state index contributed by atoms with van der Waals surface area (Å²) in [6.45, 7) is 15.6. The summed E-state index contributed by atoms with van der Waals surface area (Å²) >= 11 is 0. The van der Waals surface area contributed by atoms with Crippen LogP contribution in [-0.2, 0) is 6.54 Å². The van der Waals surface area contributed by atoms with Gasteiger partial charge < -0.3 is 10.2 Å². The first kappa shape index (κ1) is 15.3. The van der Waals surface area contributed by atoms with Crippen LogP contribution in [-0.4, -0.2) is 24.6 Å². The summed E-state index contributed by atoms with van der Waals surface area (Å²) in [6.07, 6.45) is 2.03. The molecule has 1 fully saturated rings. The van der Waals surface area contributed by atoms with Gasteiger partial charge in [0, 0.05) is 25.8 Å². The second-order valence-electron chi connectivity index (χ2n) is 6.87. The highest BCUT2D eigenvalue weighted by molar-refractivity contribution is 5.48. The Balaban J connectivity index is 1.99. The number of rotatable bonds is 5. The fourth-order valence-electron chi connectivity index (χ4n) is 2.86. The van der Waals surface area contributed by atoms with Gasteiger partial charge in [0.15, 0.2) is 0 Å². The number of aryl methyl sites for hydroxylation is 1. The Morgan fingerprint density at radius 2 is 1.95 bits per heavy atom. The van der Waals surface area contributed by atoms with Gasteiger partial charge in [-0.1, -0.05) is 27.7 Å². The summed E-state index contributed by atoms with van der Waals surface area (Å²) in [7, 11) is 0. The molecule has 2 heterocycles. The van der Waals surface area contributed by atoms with Crippen molar-refractivity contribution in [1.29, 1.82) is 0 Å². The van der Waals surface area contributed by atoms with E-state index in [9.17, 15) is 0 Å². The van der Waals surface area contributed by atoms with Gasteiger partial charge in [0.2, 0.25) is 0 Å². The van der Waals surface area contributed by atoms with E-state index in [0.717, 1.165) is 38.0 Å². The third kappa shape index (κ3) is 3.72. The summed E-state index contributed by atoms with van der Waals surface area (Å²) in [5.41, 5.74) is 2.59. The molecule has 0 radical (unpaired) electrons. The fraction of sp³-hybridized carbons (Fsp3) is 0.706.